The Hall–Kier alpha value is -2.04. The van der Waals surface area contributed by atoms with Crippen LogP contribution in [0, 0.1) is 0 Å². The zero-order valence-electron chi connectivity index (χ0n) is 11.6. The Morgan fingerprint density at radius 2 is 2.00 bits per heavy atom. The summed E-state index contributed by atoms with van der Waals surface area (Å²) in [5.74, 6) is 0.120. The van der Waals surface area contributed by atoms with E-state index in [1.807, 2.05) is 18.2 Å². The third kappa shape index (κ3) is 3.50. The number of rotatable bonds is 4. The summed E-state index contributed by atoms with van der Waals surface area (Å²) in [6.45, 7) is 0.522. The van der Waals surface area contributed by atoms with Gasteiger partial charge in [-0.3, -0.25) is 4.79 Å². The van der Waals surface area contributed by atoms with Gasteiger partial charge < -0.3 is 14.4 Å². The molecule has 0 bridgehead atoms. The Balaban J connectivity index is 1.94. The molecule has 0 N–H and O–H groups in total. The number of carbonyl (C=O) groups is 2. The second-order valence-electron chi connectivity index (χ2n) is 4.72. The van der Waals surface area contributed by atoms with Crippen LogP contribution in [0.5, 0.6) is 5.75 Å². The molecule has 1 aliphatic rings. The number of methoxy groups -OCH3 is 1. The van der Waals surface area contributed by atoms with Crippen molar-refractivity contribution in [3.63, 3.8) is 0 Å². The number of piperidine rings is 1. The van der Waals surface area contributed by atoms with Gasteiger partial charge in [-0.2, -0.15) is 0 Å². The summed E-state index contributed by atoms with van der Waals surface area (Å²) in [6.07, 6.45) is 2.50. The molecule has 0 saturated carbocycles. The molecule has 1 aromatic carbocycles. The first-order chi connectivity index (χ1) is 9.72. The van der Waals surface area contributed by atoms with E-state index in [0.717, 1.165) is 12.8 Å². The average Bonchev–Trinajstić information content (AvgIpc) is 2.52. The largest absolute Gasteiger partial charge is 0.484 e. The normalized spacial score (nSPS) is 18.4. The lowest BCUT2D eigenvalue weighted by Gasteiger charge is -2.33. The highest BCUT2D eigenvalue weighted by molar-refractivity contribution is 5.85. The lowest BCUT2D eigenvalue weighted by Crippen LogP contribution is -2.50. The molecule has 5 heteroatoms. The van der Waals surface area contributed by atoms with E-state index in [4.69, 9.17) is 9.47 Å². The molecule has 1 aromatic rings. The minimum absolute atomic E-state index is 0.0580. The molecule has 0 aromatic heterocycles. The van der Waals surface area contributed by atoms with Gasteiger partial charge in [-0.25, -0.2) is 4.79 Å². The van der Waals surface area contributed by atoms with E-state index in [1.54, 1.807) is 17.0 Å². The van der Waals surface area contributed by atoms with Gasteiger partial charge in [0.2, 0.25) is 0 Å². The van der Waals surface area contributed by atoms with Gasteiger partial charge in [-0.1, -0.05) is 18.2 Å². The third-order valence-electron chi connectivity index (χ3n) is 3.40. The minimum atomic E-state index is -0.472. The van der Waals surface area contributed by atoms with Crippen LogP contribution < -0.4 is 4.74 Å². The van der Waals surface area contributed by atoms with E-state index < -0.39 is 6.04 Å². The number of ether oxygens (including phenoxy) is 2. The zero-order chi connectivity index (χ0) is 14.4. The van der Waals surface area contributed by atoms with Crippen LogP contribution in [0.25, 0.3) is 0 Å². The number of amides is 1. The summed E-state index contributed by atoms with van der Waals surface area (Å²) in [7, 11) is 1.35. The van der Waals surface area contributed by atoms with Crippen molar-refractivity contribution in [1.29, 1.82) is 0 Å². The van der Waals surface area contributed by atoms with Crippen LogP contribution in [-0.4, -0.2) is 43.1 Å². The summed E-state index contributed by atoms with van der Waals surface area (Å²) >= 11 is 0. The molecule has 1 fully saturated rings. The van der Waals surface area contributed by atoms with Gasteiger partial charge >= 0.3 is 5.97 Å². The number of hydrogen-bond acceptors (Lipinski definition) is 4. The van der Waals surface area contributed by atoms with E-state index >= 15 is 0 Å². The number of likely N-dealkylation sites (tertiary alicyclic amines) is 1. The average molecular weight is 277 g/mol. The Labute approximate surface area is 118 Å². The highest BCUT2D eigenvalue weighted by Crippen LogP contribution is 2.18. The maximum atomic E-state index is 12.2. The number of para-hydroxylation sites is 1. The van der Waals surface area contributed by atoms with Crippen molar-refractivity contribution >= 4 is 11.9 Å². The molecule has 1 saturated heterocycles. The van der Waals surface area contributed by atoms with Crippen molar-refractivity contribution < 1.29 is 19.1 Å². The number of esters is 1. The molecule has 1 amide bonds. The van der Waals surface area contributed by atoms with Gasteiger partial charge in [0, 0.05) is 6.54 Å². The van der Waals surface area contributed by atoms with Gasteiger partial charge in [0.15, 0.2) is 6.61 Å². The van der Waals surface area contributed by atoms with Gasteiger partial charge in [-0.05, 0) is 31.4 Å². The summed E-state index contributed by atoms with van der Waals surface area (Å²) in [4.78, 5) is 25.5. The van der Waals surface area contributed by atoms with Crippen LogP contribution in [0.3, 0.4) is 0 Å². The number of benzene rings is 1. The van der Waals surface area contributed by atoms with Crippen LogP contribution in [0.2, 0.25) is 0 Å². The second kappa shape index (κ2) is 6.93. The second-order valence-corrected chi connectivity index (χ2v) is 4.72. The van der Waals surface area contributed by atoms with E-state index in [9.17, 15) is 9.59 Å². The van der Waals surface area contributed by atoms with Crippen molar-refractivity contribution in [1.82, 2.24) is 4.90 Å². The van der Waals surface area contributed by atoms with Crippen molar-refractivity contribution in [3.8, 4) is 5.75 Å². The lowest BCUT2D eigenvalue weighted by molar-refractivity contribution is -0.155. The van der Waals surface area contributed by atoms with E-state index in [2.05, 4.69) is 0 Å². The Morgan fingerprint density at radius 3 is 2.70 bits per heavy atom. The van der Waals surface area contributed by atoms with Crippen LogP contribution in [0.1, 0.15) is 19.3 Å². The fourth-order valence-corrected chi connectivity index (χ4v) is 2.36. The van der Waals surface area contributed by atoms with Gasteiger partial charge in [0.25, 0.3) is 5.91 Å². The molecule has 2 rings (SSSR count). The smallest absolute Gasteiger partial charge is 0.328 e. The van der Waals surface area contributed by atoms with Crippen LogP contribution in [0.15, 0.2) is 30.3 Å². The molecular formula is C15H19NO4. The third-order valence-corrected chi connectivity index (χ3v) is 3.40. The fraction of sp³-hybridized carbons (Fsp3) is 0.467. The van der Waals surface area contributed by atoms with Crippen molar-refractivity contribution in [3.05, 3.63) is 30.3 Å². The van der Waals surface area contributed by atoms with Gasteiger partial charge in [-0.15, -0.1) is 0 Å². The predicted octanol–water partition coefficient (Wildman–Crippen LogP) is 1.62. The molecule has 1 aliphatic heterocycles. The molecule has 0 aliphatic carbocycles. The van der Waals surface area contributed by atoms with Gasteiger partial charge in [0.05, 0.1) is 7.11 Å². The van der Waals surface area contributed by atoms with Crippen molar-refractivity contribution in [2.24, 2.45) is 0 Å². The number of hydrogen-bond donors (Lipinski definition) is 0. The highest BCUT2D eigenvalue weighted by atomic mass is 16.5. The SMILES string of the molecule is COC(=O)[C@@H]1CCCCN1C(=O)COc1ccccc1. The quantitative estimate of drug-likeness (QED) is 0.785. The summed E-state index contributed by atoms with van der Waals surface area (Å²) in [6, 6.07) is 8.69. The topological polar surface area (TPSA) is 55.8 Å². The minimum Gasteiger partial charge on any atom is -0.484 e. The maximum absolute atomic E-state index is 12.2. The summed E-state index contributed by atoms with van der Waals surface area (Å²) < 4.78 is 10.2. The van der Waals surface area contributed by atoms with Crippen LogP contribution >= 0.6 is 0 Å². The highest BCUT2D eigenvalue weighted by Gasteiger charge is 2.32. The monoisotopic (exact) mass is 277 g/mol. The van der Waals surface area contributed by atoms with Crippen molar-refractivity contribution in [2.75, 3.05) is 20.3 Å². The van der Waals surface area contributed by atoms with Gasteiger partial charge in [0.1, 0.15) is 11.8 Å². The Bertz CT molecular complexity index is 460. The maximum Gasteiger partial charge on any atom is 0.328 e. The lowest BCUT2D eigenvalue weighted by atomic mass is 10.0. The van der Waals surface area contributed by atoms with Crippen LogP contribution in [-0.2, 0) is 14.3 Å². The Morgan fingerprint density at radius 1 is 1.25 bits per heavy atom. The molecule has 5 nitrogen and oxygen atoms in total. The molecular weight excluding hydrogens is 258 g/mol. The summed E-state index contributed by atoms with van der Waals surface area (Å²) in [5.41, 5.74) is 0. The first kappa shape index (κ1) is 14.4. The molecule has 1 atom stereocenters. The molecule has 20 heavy (non-hydrogen) atoms. The fourth-order valence-electron chi connectivity index (χ4n) is 2.36. The standard InChI is InChI=1S/C15H19NO4/c1-19-15(18)13-9-5-6-10-16(13)14(17)11-20-12-7-3-2-4-8-12/h2-4,7-8,13H,5-6,9-11H2,1H3/t13-/m0/s1. The molecule has 0 spiro atoms. The number of carbonyl (C=O) groups excluding carboxylic acids is 2. The first-order valence-electron chi connectivity index (χ1n) is 6.77. The number of nitrogens with zero attached hydrogens (tertiary/aromatic N) is 1. The molecule has 0 unspecified atom stereocenters. The van der Waals surface area contributed by atoms with E-state index in [-0.39, 0.29) is 18.5 Å². The first-order valence-corrected chi connectivity index (χ1v) is 6.77. The molecule has 1 heterocycles. The molecule has 108 valence electrons. The Kier molecular flexibility index (Phi) is 4.98. The summed E-state index contributed by atoms with van der Waals surface area (Å²) in [5, 5.41) is 0. The molecule has 0 radical (unpaired) electrons. The van der Waals surface area contributed by atoms with E-state index in [0.29, 0.717) is 18.7 Å². The van der Waals surface area contributed by atoms with E-state index in [1.165, 1.54) is 7.11 Å². The van der Waals surface area contributed by atoms with Crippen LogP contribution in [0.4, 0.5) is 0 Å². The predicted molar refractivity (Wildman–Crippen MR) is 73.3 cm³/mol. The van der Waals surface area contributed by atoms with Crippen molar-refractivity contribution in [2.45, 2.75) is 25.3 Å². The zero-order valence-corrected chi connectivity index (χ0v) is 11.6.